The first-order valence-corrected chi connectivity index (χ1v) is 5.17. The summed E-state index contributed by atoms with van der Waals surface area (Å²) in [6.45, 7) is 3.52. The Morgan fingerprint density at radius 3 is 2.59 bits per heavy atom. The van der Waals surface area contributed by atoms with Crippen molar-refractivity contribution in [3.63, 3.8) is 0 Å². The van der Waals surface area contributed by atoms with Crippen molar-refractivity contribution in [2.24, 2.45) is 0 Å². The molecule has 17 heavy (non-hydrogen) atoms. The normalized spacial score (nSPS) is 10.0. The summed E-state index contributed by atoms with van der Waals surface area (Å²) in [5.74, 6) is -0.840. The molecule has 90 valence electrons. The van der Waals surface area contributed by atoms with Crippen molar-refractivity contribution in [1.82, 2.24) is 4.90 Å². The number of carbonyl (C=O) groups is 1. The van der Waals surface area contributed by atoms with Crippen molar-refractivity contribution in [3.8, 4) is 17.6 Å². The van der Waals surface area contributed by atoms with Gasteiger partial charge in [0.25, 0.3) is 5.91 Å². The van der Waals surface area contributed by atoms with Crippen LogP contribution < -0.4 is 0 Å². The molecule has 1 aromatic carbocycles. The van der Waals surface area contributed by atoms with Crippen molar-refractivity contribution in [2.75, 3.05) is 6.54 Å². The molecule has 0 radical (unpaired) electrons. The van der Waals surface area contributed by atoms with Gasteiger partial charge in [-0.1, -0.05) is 0 Å². The van der Waals surface area contributed by atoms with Crippen LogP contribution in [0, 0.1) is 11.3 Å². The summed E-state index contributed by atoms with van der Waals surface area (Å²) in [6.07, 6.45) is 0. The summed E-state index contributed by atoms with van der Waals surface area (Å²) in [4.78, 5) is 13.4. The number of amides is 1. The third kappa shape index (κ3) is 2.88. The topological polar surface area (TPSA) is 84.6 Å². The van der Waals surface area contributed by atoms with Gasteiger partial charge in [-0.15, -0.1) is 0 Å². The van der Waals surface area contributed by atoms with E-state index < -0.39 is 5.91 Å². The molecule has 0 spiro atoms. The summed E-state index contributed by atoms with van der Waals surface area (Å²) in [5, 5.41) is 27.4. The van der Waals surface area contributed by atoms with Crippen LogP contribution in [0.5, 0.6) is 11.5 Å². The Hall–Kier alpha value is -2.22. The van der Waals surface area contributed by atoms with Crippen LogP contribution in [0.1, 0.15) is 24.2 Å². The summed E-state index contributed by atoms with van der Waals surface area (Å²) in [6, 6.07) is 5.51. The van der Waals surface area contributed by atoms with Crippen LogP contribution in [0.3, 0.4) is 0 Å². The van der Waals surface area contributed by atoms with Crippen LogP contribution in [0.4, 0.5) is 0 Å². The number of carbonyl (C=O) groups excluding carboxylic acids is 1. The van der Waals surface area contributed by atoms with Gasteiger partial charge >= 0.3 is 0 Å². The van der Waals surface area contributed by atoms with Gasteiger partial charge in [-0.2, -0.15) is 5.26 Å². The zero-order chi connectivity index (χ0) is 13.0. The van der Waals surface area contributed by atoms with E-state index in [4.69, 9.17) is 10.4 Å². The number of phenols is 2. The number of rotatable bonds is 3. The van der Waals surface area contributed by atoms with Gasteiger partial charge in [0.1, 0.15) is 18.0 Å². The minimum atomic E-state index is -0.431. The fraction of sp³-hybridized carbons (Fsp3) is 0.333. The van der Waals surface area contributed by atoms with Crippen LogP contribution in [0.15, 0.2) is 18.2 Å². The zero-order valence-electron chi connectivity index (χ0n) is 9.71. The highest BCUT2D eigenvalue weighted by atomic mass is 16.3. The number of benzene rings is 1. The zero-order valence-corrected chi connectivity index (χ0v) is 9.71. The Balaban J connectivity index is 3.06. The molecule has 0 aliphatic heterocycles. The second kappa shape index (κ2) is 5.21. The number of nitrogens with zero attached hydrogens (tertiary/aromatic N) is 2. The van der Waals surface area contributed by atoms with E-state index in [0.717, 1.165) is 6.07 Å². The summed E-state index contributed by atoms with van der Waals surface area (Å²) >= 11 is 0. The molecule has 0 saturated heterocycles. The Morgan fingerprint density at radius 2 is 2.12 bits per heavy atom. The van der Waals surface area contributed by atoms with Gasteiger partial charge in [0.05, 0.1) is 11.6 Å². The highest BCUT2D eigenvalue weighted by Crippen LogP contribution is 2.24. The maximum atomic E-state index is 12.0. The second-order valence-electron chi connectivity index (χ2n) is 3.89. The number of aromatic hydroxyl groups is 2. The number of nitriles is 1. The lowest BCUT2D eigenvalue weighted by atomic mass is 10.1. The quantitative estimate of drug-likeness (QED) is 0.775. The third-order valence-electron chi connectivity index (χ3n) is 2.34. The molecule has 0 fully saturated rings. The largest absolute Gasteiger partial charge is 0.508 e. The van der Waals surface area contributed by atoms with E-state index in [0.29, 0.717) is 0 Å². The average Bonchev–Trinajstić information content (AvgIpc) is 2.24. The van der Waals surface area contributed by atoms with E-state index in [1.165, 1.54) is 17.0 Å². The molecule has 1 aromatic rings. The van der Waals surface area contributed by atoms with Crippen molar-refractivity contribution >= 4 is 5.91 Å². The summed E-state index contributed by atoms with van der Waals surface area (Å²) in [7, 11) is 0. The van der Waals surface area contributed by atoms with Gasteiger partial charge in [0.2, 0.25) is 0 Å². The fourth-order valence-electron chi connectivity index (χ4n) is 1.42. The highest BCUT2D eigenvalue weighted by Gasteiger charge is 2.21. The Labute approximate surface area is 99.5 Å². The average molecular weight is 234 g/mol. The smallest absolute Gasteiger partial charge is 0.258 e. The monoisotopic (exact) mass is 234 g/mol. The first kappa shape index (κ1) is 12.8. The lowest BCUT2D eigenvalue weighted by Crippen LogP contribution is -2.37. The van der Waals surface area contributed by atoms with Crippen LogP contribution in [0.25, 0.3) is 0 Å². The molecule has 0 heterocycles. The number of phenolic OH excluding ortho intramolecular Hbond substituents is 2. The predicted octanol–water partition coefficient (Wildman–Crippen LogP) is 1.47. The molecule has 1 amide bonds. The van der Waals surface area contributed by atoms with E-state index in [2.05, 4.69) is 0 Å². The van der Waals surface area contributed by atoms with Crippen LogP contribution in [-0.4, -0.2) is 33.6 Å². The Kier molecular flexibility index (Phi) is 3.94. The molecule has 0 atom stereocenters. The van der Waals surface area contributed by atoms with Gasteiger partial charge in [-0.3, -0.25) is 4.79 Å². The molecule has 5 nitrogen and oxygen atoms in total. The first-order valence-electron chi connectivity index (χ1n) is 5.17. The molecule has 0 bridgehead atoms. The standard InChI is InChI=1S/C12H14N2O3/c1-8(2)14(6-5-13)12(17)10-4-3-9(15)7-11(10)16/h3-4,7-8,15-16H,6H2,1-2H3. The Morgan fingerprint density at radius 1 is 1.47 bits per heavy atom. The van der Waals surface area contributed by atoms with Crippen LogP contribution in [0.2, 0.25) is 0 Å². The SMILES string of the molecule is CC(C)N(CC#N)C(=O)c1ccc(O)cc1O. The molecule has 1 rings (SSSR count). The summed E-state index contributed by atoms with van der Waals surface area (Å²) in [5.41, 5.74) is 0.0757. The molecular formula is C12H14N2O3. The van der Waals surface area contributed by atoms with Crippen LogP contribution in [-0.2, 0) is 0 Å². The molecule has 0 aliphatic carbocycles. The molecule has 0 aromatic heterocycles. The highest BCUT2D eigenvalue weighted by molar-refractivity contribution is 5.97. The first-order chi connectivity index (χ1) is 7.97. The molecule has 0 unspecified atom stereocenters. The van der Waals surface area contributed by atoms with E-state index in [-0.39, 0.29) is 29.6 Å². The number of hydrogen-bond donors (Lipinski definition) is 2. The second-order valence-corrected chi connectivity index (χ2v) is 3.89. The van der Waals surface area contributed by atoms with Gasteiger partial charge in [0.15, 0.2) is 0 Å². The van der Waals surface area contributed by atoms with Gasteiger partial charge < -0.3 is 15.1 Å². The van der Waals surface area contributed by atoms with Crippen LogP contribution >= 0.6 is 0 Å². The molecule has 0 saturated carbocycles. The van der Waals surface area contributed by atoms with Crippen molar-refractivity contribution in [3.05, 3.63) is 23.8 Å². The molecule has 2 N–H and O–H groups in total. The minimum Gasteiger partial charge on any atom is -0.508 e. The molecule has 5 heteroatoms. The number of hydrogen-bond acceptors (Lipinski definition) is 4. The van der Waals surface area contributed by atoms with E-state index in [9.17, 15) is 9.90 Å². The minimum absolute atomic E-state index is 0.0448. The lowest BCUT2D eigenvalue weighted by Gasteiger charge is -2.24. The van der Waals surface area contributed by atoms with Gasteiger partial charge in [-0.25, -0.2) is 0 Å². The van der Waals surface area contributed by atoms with E-state index >= 15 is 0 Å². The van der Waals surface area contributed by atoms with Crippen molar-refractivity contribution in [1.29, 1.82) is 5.26 Å². The van der Waals surface area contributed by atoms with Gasteiger partial charge in [-0.05, 0) is 26.0 Å². The van der Waals surface area contributed by atoms with E-state index in [1.54, 1.807) is 13.8 Å². The Bertz CT molecular complexity index is 463. The predicted molar refractivity (Wildman–Crippen MR) is 61.6 cm³/mol. The van der Waals surface area contributed by atoms with Crippen molar-refractivity contribution < 1.29 is 15.0 Å². The summed E-state index contributed by atoms with van der Waals surface area (Å²) < 4.78 is 0. The fourth-order valence-corrected chi connectivity index (χ4v) is 1.42. The third-order valence-corrected chi connectivity index (χ3v) is 2.34. The molecule has 0 aliphatic rings. The van der Waals surface area contributed by atoms with Gasteiger partial charge in [0, 0.05) is 12.1 Å². The maximum absolute atomic E-state index is 12.0. The van der Waals surface area contributed by atoms with Crippen molar-refractivity contribution in [2.45, 2.75) is 19.9 Å². The lowest BCUT2D eigenvalue weighted by molar-refractivity contribution is 0.0728. The molecular weight excluding hydrogens is 220 g/mol. The maximum Gasteiger partial charge on any atom is 0.258 e. The van der Waals surface area contributed by atoms with E-state index in [1.807, 2.05) is 6.07 Å².